The van der Waals surface area contributed by atoms with Gasteiger partial charge in [-0.2, -0.15) is 0 Å². The lowest BCUT2D eigenvalue weighted by Gasteiger charge is -2.15. The number of aliphatic hydroxyl groups excluding tert-OH is 1. The molecular formula is C12H14N4O2. The van der Waals surface area contributed by atoms with Crippen molar-refractivity contribution in [1.82, 2.24) is 19.9 Å². The zero-order valence-corrected chi connectivity index (χ0v) is 10.0. The lowest BCUT2D eigenvalue weighted by molar-refractivity contribution is 0.0767. The maximum absolute atomic E-state index is 11.9. The highest BCUT2D eigenvalue weighted by atomic mass is 16.3. The highest BCUT2D eigenvalue weighted by molar-refractivity contribution is 5.94. The van der Waals surface area contributed by atoms with Crippen LogP contribution >= 0.6 is 0 Å². The number of amides is 1. The van der Waals surface area contributed by atoms with Crippen molar-refractivity contribution in [2.75, 3.05) is 20.2 Å². The van der Waals surface area contributed by atoms with E-state index >= 15 is 0 Å². The molecule has 0 aliphatic rings. The topological polar surface area (TPSA) is 71.2 Å². The fourth-order valence-electron chi connectivity index (χ4n) is 1.57. The van der Waals surface area contributed by atoms with Crippen molar-refractivity contribution in [2.24, 2.45) is 0 Å². The molecule has 6 nitrogen and oxygen atoms in total. The Morgan fingerprint density at radius 1 is 1.39 bits per heavy atom. The summed E-state index contributed by atoms with van der Waals surface area (Å²) in [4.78, 5) is 13.4. The first kappa shape index (κ1) is 12.3. The van der Waals surface area contributed by atoms with Gasteiger partial charge < -0.3 is 10.0 Å². The summed E-state index contributed by atoms with van der Waals surface area (Å²) in [5.74, 6) is -0.116. The second-order valence-corrected chi connectivity index (χ2v) is 3.84. The Balaban J connectivity index is 2.15. The molecule has 18 heavy (non-hydrogen) atoms. The average molecular weight is 246 g/mol. The lowest BCUT2D eigenvalue weighted by atomic mass is 10.2. The summed E-state index contributed by atoms with van der Waals surface area (Å²) in [6.07, 6.45) is 3.32. The van der Waals surface area contributed by atoms with E-state index in [1.54, 1.807) is 48.4 Å². The van der Waals surface area contributed by atoms with E-state index in [9.17, 15) is 4.79 Å². The minimum Gasteiger partial charge on any atom is -0.395 e. The Labute approximate surface area is 104 Å². The van der Waals surface area contributed by atoms with Crippen molar-refractivity contribution < 1.29 is 9.90 Å². The zero-order valence-electron chi connectivity index (χ0n) is 10.0. The molecule has 94 valence electrons. The van der Waals surface area contributed by atoms with E-state index in [-0.39, 0.29) is 12.5 Å². The number of hydrogen-bond acceptors (Lipinski definition) is 4. The molecule has 0 fully saturated rings. The Hall–Kier alpha value is -2.21. The molecule has 2 rings (SSSR count). The average Bonchev–Trinajstić information content (AvgIpc) is 2.92. The van der Waals surface area contributed by atoms with Crippen molar-refractivity contribution >= 4 is 5.91 Å². The predicted molar refractivity (Wildman–Crippen MR) is 65.4 cm³/mol. The minimum absolute atomic E-state index is 0.0424. The van der Waals surface area contributed by atoms with Gasteiger partial charge in [0.05, 0.1) is 24.7 Å². The molecular weight excluding hydrogens is 232 g/mol. The van der Waals surface area contributed by atoms with Crippen LogP contribution in [0.3, 0.4) is 0 Å². The van der Waals surface area contributed by atoms with Gasteiger partial charge in [-0.25, -0.2) is 4.68 Å². The van der Waals surface area contributed by atoms with E-state index in [0.717, 1.165) is 5.69 Å². The maximum atomic E-state index is 11.9. The first-order valence-corrected chi connectivity index (χ1v) is 5.55. The van der Waals surface area contributed by atoms with Gasteiger partial charge >= 0.3 is 0 Å². The SMILES string of the molecule is CN(CCO)C(=O)c1ccc(-n2ccnn2)cc1. The van der Waals surface area contributed by atoms with Crippen molar-refractivity contribution in [1.29, 1.82) is 0 Å². The number of aliphatic hydroxyl groups is 1. The van der Waals surface area contributed by atoms with Crippen LogP contribution in [0.5, 0.6) is 0 Å². The van der Waals surface area contributed by atoms with Gasteiger partial charge in [0.2, 0.25) is 0 Å². The molecule has 0 aliphatic heterocycles. The smallest absolute Gasteiger partial charge is 0.253 e. The number of hydrogen-bond donors (Lipinski definition) is 1. The Bertz CT molecular complexity index is 507. The number of aromatic nitrogens is 3. The molecule has 1 heterocycles. The van der Waals surface area contributed by atoms with Gasteiger partial charge in [0.25, 0.3) is 5.91 Å². The molecule has 0 aliphatic carbocycles. The van der Waals surface area contributed by atoms with Gasteiger partial charge in [0.1, 0.15) is 0 Å². The maximum Gasteiger partial charge on any atom is 0.253 e. The standard InChI is InChI=1S/C12H14N4O2/c1-15(8-9-17)12(18)10-2-4-11(5-3-10)16-7-6-13-14-16/h2-7,17H,8-9H2,1H3. The second-order valence-electron chi connectivity index (χ2n) is 3.84. The summed E-state index contributed by atoms with van der Waals surface area (Å²) in [5, 5.41) is 16.4. The minimum atomic E-state index is -0.116. The van der Waals surface area contributed by atoms with E-state index < -0.39 is 0 Å². The van der Waals surface area contributed by atoms with E-state index in [4.69, 9.17) is 5.11 Å². The largest absolute Gasteiger partial charge is 0.395 e. The van der Waals surface area contributed by atoms with Gasteiger partial charge in [-0.3, -0.25) is 4.79 Å². The zero-order chi connectivity index (χ0) is 13.0. The molecule has 0 unspecified atom stereocenters. The summed E-state index contributed by atoms with van der Waals surface area (Å²) < 4.78 is 1.62. The molecule has 1 amide bonds. The summed E-state index contributed by atoms with van der Waals surface area (Å²) in [6.45, 7) is 0.281. The number of rotatable bonds is 4. The van der Waals surface area contributed by atoms with Crippen LogP contribution in [0.4, 0.5) is 0 Å². The fraction of sp³-hybridized carbons (Fsp3) is 0.250. The lowest BCUT2D eigenvalue weighted by Crippen LogP contribution is -2.29. The third-order valence-corrected chi connectivity index (χ3v) is 2.58. The van der Waals surface area contributed by atoms with E-state index in [1.807, 2.05) is 0 Å². The van der Waals surface area contributed by atoms with Crippen molar-refractivity contribution in [2.45, 2.75) is 0 Å². The highest BCUT2D eigenvalue weighted by Crippen LogP contribution is 2.09. The second kappa shape index (κ2) is 5.42. The van der Waals surface area contributed by atoms with Crippen LogP contribution in [0.15, 0.2) is 36.7 Å². The number of carbonyl (C=O) groups is 1. The molecule has 6 heteroatoms. The van der Waals surface area contributed by atoms with Crippen LogP contribution in [0.25, 0.3) is 5.69 Å². The molecule has 1 N–H and O–H groups in total. The van der Waals surface area contributed by atoms with Crippen LogP contribution in [0.1, 0.15) is 10.4 Å². The van der Waals surface area contributed by atoms with Gasteiger partial charge in [-0.1, -0.05) is 5.21 Å². The van der Waals surface area contributed by atoms with Gasteiger partial charge in [0, 0.05) is 19.2 Å². The number of likely N-dealkylation sites (N-methyl/N-ethyl adjacent to an activating group) is 1. The summed E-state index contributed by atoms with van der Waals surface area (Å²) in [7, 11) is 1.66. The normalized spacial score (nSPS) is 10.3. The fourth-order valence-corrected chi connectivity index (χ4v) is 1.57. The van der Waals surface area contributed by atoms with Crippen molar-refractivity contribution in [3.63, 3.8) is 0 Å². The first-order valence-electron chi connectivity index (χ1n) is 5.55. The quantitative estimate of drug-likeness (QED) is 0.844. The molecule has 0 atom stereocenters. The van der Waals surface area contributed by atoms with Gasteiger partial charge in [0.15, 0.2) is 0 Å². The predicted octanol–water partition coefficient (Wildman–Crippen LogP) is 0.332. The molecule has 0 radical (unpaired) electrons. The molecule has 0 saturated heterocycles. The monoisotopic (exact) mass is 246 g/mol. The number of nitrogens with zero attached hydrogens (tertiary/aromatic N) is 4. The van der Waals surface area contributed by atoms with Crippen LogP contribution in [0.2, 0.25) is 0 Å². The van der Waals surface area contributed by atoms with Gasteiger partial charge in [-0.05, 0) is 24.3 Å². The van der Waals surface area contributed by atoms with Crippen LogP contribution < -0.4 is 0 Å². The van der Waals surface area contributed by atoms with Crippen LogP contribution in [-0.4, -0.2) is 51.1 Å². The van der Waals surface area contributed by atoms with E-state index in [0.29, 0.717) is 12.1 Å². The van der Waals surface area contributed by atoms with Crippen LogP contribution in [0, 0.1) is 0 Å². The molecule has 0 spiro atoms. The highest BCUT2D eigenvalue weighted by Gasteiger charge is 2.10. The number of benzene rings is 1. The third-order valence-electron chi connectivity index (χ3n) is 2.58. The Kier molecular flexibility index (Phi) is 3.69. The Morgan fingerprint density at radius 3 is 2.67 bits per heavy atom. The Morgan fingerprint density at radius 2 is 2.11 bits per heavy atom. The van der Waals surface area contributed by atoms with Crippen molar-refractivity contribution in [3.05, 3.63) is 42.2 Å². The molecule has 2 aromatic rings. The van der Waals surface area contributed by atoms with Crippen LogP contribution in [-0.2, 0) is 0 Å². The van der Waals surface area contributed by atoms with E-state index in [2.05, 4.69) is 10.3 Å². The van der Waals surface area contributed by atoms with E-state index in [1.165, 1.54) is 4.90 Å². The molecule has 0 bridgehead atoms. The molecule has 0 saturated carbocycles. The summed E-state index contributed by atoms with van der Waals surface area (Å²) in [6, 6.07) is 7.06. The molecule has 1 aromatic carbocycles. The molecule has 1 aromatic heterocycles. The first-order chi connectivity index (χ1) is 8.72. The number of carbonyl (C=O) groups excluding carboxylic acids is 1. The van der Waals surface area contributed by atoms with Crippen molar-refractivity contribution in [3.8, 4) is 5.69 Å². The van der Waals surface area contributed by atoms with Gasteiger partial charge in [-0.15, -0.1) is 5.10 Å². The third kappa shape index (κ3) is 2.54. The summed E-state index contributed by atoms with van der Waals surface area (Å²) in [5.41, 5.74) is 1.42. The summed E-state index contributed by atoms with van der Waals surface area (Å²) >= 11 is 0.